The minimum Gasteiger partial charge on any atom is -0.497 e. The second kappa shape index (κ2) is 13.1. The van der Waals surface area contributed by atoms with Gasteiger partial charge >= 0.3 is 0 Å². The number of benzene rings is 3. The van der Waals surface area contributed by atoms with Crippen molar-refractivity contribution in [1.82, 2.24) is 14.7 Å². The molecule has 4 rings (SSSR count). The van der Waals surface area contributed by atoms with E-state index in [1.807, 2.05) is 36.9 Å². The van der Waals surface area contributed by atoms with Crippen LogP contribution in [-0.2, 0) is 6.42 Å². The molecule has 0 radical (unpaired) electrons. The van der Waals surface area contributed by atoms with E-state index >= 15 is 0 Å². The fourth-order valence-electron chi connectivity index (χ4n) is 5.70. The Labute approximate surface area is 229 Å². The van der Waals surface area contributed by atoms with Crippen molar-refractivity contribution in [2.45, 2.75) is 52.2 Å². The maximum atomic E-state index is 12.9. The van der Waals surface area contributed by atoms with Gasteiger partial charge in [-0.15, -0.1) is 0 Å². The van der Waals surface area contributed by atoms with Crippen molar-refractivity contribution in [3.05, 3.63) is 101 Å². The Bertz CT molecular complexity index is 1160. The first-order valence-corrected chi connectivity index (χ1v) is 14.0. The van der Waals surface area contributed by atoms with Crippen LogP contribution in [0.3, 0.4) is 0 Å². The minimum absolute atomic E-state index is 0.0800. The van der Waals surface area contributed by atoms with Gasteiger partial charge in [-0.25, -0.2) is 0 Å². The predicted molar refractivity (Wildman–Crippen MR) is 156 cm³/mol. The summed E-state index contributed by atoms with van der Waals surface area (Å²) in [5.74, 6) is 0.955. The topological polar surface area (TPSA) is 36.0 Å². The summed E-state index contributed by atoms with van der Waals surface area (Å²) in [6, 6.07) is 28.3. The van der Waals surface area contributed by atoms with Crippen molar-refractivity contribution in [2.24, 2.45) is 0 Å². The number of ether oxygens (including phenoxy) is 1. The van der Waals surface area contributed by atoms with E-state index in [4.69, 9.17) is 4.74 Å². The van der Waals surface area contributed by atoms with Crippen LogP contribution in [0.4, 0.5) is 0 Å². The number of hydrogen-bond donors (Lipinski definition) is 0. The summed E-state index contributed by atoms with van der Waals surface area (Å²) in [7, 11) is 1.72. The summed E-state index contributed by atoms with van der Waals surface area (Å²) in [5.41, 5.74) is 4.55. The third-order valence-electron chi connectivity index (χ3n) is 7.96. The third-order valence-corrected chi connectivity index (χ3v) is 7.96. The van der Waals surface area contributed by atoms with Gasteiger partial charge in [-0.1, -0.05) is 54.6 Å². The number of methoxy groups -OCH3 is 1. The molecule has 1 saturated heterocycles. The standard InChI is InChI=1S/C33H43N3O2/c1-6-34(7-2)33(37)29-18-16-28(17-19-29)32(30-14-11-15-31(22-30)38-5)36-24-25(3)35(23-26(36)4)21-20-27-12-9-8-10-13-27/h8-19,22,25-26,32H,6-7,20-21,23-24H2,1-5H3/t25-,26+,32-/m1/s1. The van der Waals surface area contributed by atoms with Gasteiger partial charge in [0.1, 0.15) is 5.75 Å². The van der Waals surface area contributed by atoms with Crippen LogP contribution < -0.4 is 4.74 Å². The lowest BCUT2D eigenvalue weighted by Crippen LogP contribution is -2.57. The molecule has 38 heavy (non-hydrogen) atoms. The zero-order valence-corrected chi connectivity index (χ0v) is 23.6. The van der Waals surface area contributed by atoms with Gasteiger partial charge in [-0.05, 0) is 75.1 Å². The lowest BCUT2D eigenvalue weighted by Gasteiger charge is -2.47. The molecular weight excluding hydrogens is 470 g/mol. The molecule has 0 unspecified atom stereocenters. The molecule has 1 aliphatic rings. The third kappa shape index (κ3) is 6.46. The number of hydrogen-bond acceptors (Lipinski definition) is 4. The number of piperazine rings is 1. The quantitative estimate of drug-likeness (QED) is 0.338. The molecule has 1 heterocycles. The van der Waals surface area contributed by atoms with E-state index in [0.717, 1.165) is 37.4 Å². The maximum Gasteiger partial charge on any atom is 0.253 e. The molecule has 5 heteroatoms. The summed E-state index contributed by atoms with van der Waals surface area (Å²) in [6.45, 7) is 13.2. The highest BCUT2D eigenvalue weighted by Crippen LogP contribution is 2.35. The second-order valence-electron chi connectivity index (χ2n) is 10.4. The number of carbonyl (C=O) groups is 1. The van der Waals surface area contributed by atoms with E-state index in [2.05, 4.69) is 84.3 Å². The Kier molecular flexibility index (Phi) is 9.59. The van der Waals surface area contributed by atoms with Gasteiger partial charge < -0.3 is 9.64 Å². The van der Waals surface area contributed by atoms with Crippen molar-refractivity contribution in [1.29, 1.82) is 0 Å². The van der Waals surface area contributed by atoms with Gasteiger partial charge in [0.2, 0.25) is 0 Å². The normalized spacial score (nSPS) is 19.2. The molecular formula is C33H43N3O2. The van der Waals surface area contributed by atoms with Crippen LogP contribution >= 0.6 is 0 Å². The Morgan fingerprint density at radius 3 is 2.26 bits per heavy atom. The zero-order chi connectivity index (χ0) is 27.1. The van der Waals surface area contributed by atoms with Crippen LogP contribution in [0.15, 0.2) is 78.9 Å². The Morgan fingerprint density at radius 1 is 0.895 bits per heavy atom. The Balaban J connectivity index is 1.59. The smallest absolute Gasteiger partial charge is 0.253 e. The van der Waals surface area contributed by atoms with Crippen LogP contribution in [0.2, 0.25) is 0 Å². The molecule has 3 aromatic rings. The lowest BCUT2D eigenvalue weighted by molar-refractivity contribution is 0.0246. The average Bonchev–Trinajstić information content (AvgIpc) is 2.95. The van der Waals surface area contributed by atoms with Crippen molar-refractivity contribution >= 4 is 5.91 Å². The van der Waals surface area contributed by atoms with Crippen molar-refractivity contribution < 1.29 is 9.53 Å². The van der Waals surface area contributed by atoms with Crippen LogP contribution in [-0.4, -0.2) is 72.5 Å². The molecule has 1 aliphatic heterocycles. The minimum atomic E-state index is 0.0800. The first-order valence-electron chi connectivity index (χ1n) is 14.0. The van der Waals surface area contributed by atoms with Gasteiger partial charge in [-0.2, -0.15) is 0 Å². The highest BCUT2D eigenvalue weighted by molar-refractivity contribution is 5.94. The molecule has 202 valence electrons. The Morgan fingerprint density at radius 2 is 1.61 bits per heavy atom. The van der Waals surface area contributed by atoms with Gasteiger partial charge in [0.15, 0.2) is 0 Å². The average molecular weight is 514 g/mol. The zero-order valence-electron chi connectivity index (χ0n) is 23.6. The summed E-state index contributed by atoms with van der Waals surface area (Å²) in [6.07, 6.45) is 1.07. The summed E-state index contributed by atoms with van der Waals surface area (Å²) < 4.78 is 5.59. The highest BCUT2D eigenvalue weighted by Gasteiger charge is 2.35. The van der Waals surface area contributed by atoms with Crippen molar-refractivity contribution in [3.63, 3.8) is 0 Å². The first kappa shape index (κ1) is 27.9. The lowest BCUT2D eigenvalue weighted by atomic mass is 9.92. The van der Waals surface area contributed by atoms with E-state index < -0.39 is 0 Å². The highest BCUT2D eigenvalue weighted by atomic mass is 16.5. The molecule has 1 amide bonds. The van der Waals surface area contributed by atoms with Crippen molar-refractivity contribution in [2.75, 3.05) is 39.8 Å². The van der Waals surface area contributed by atoms with Gasteiger partial charge in [0.25, 0.3) is 5.91 Å². The first-order chi connectivity index (χ1) is 18.4. The van der Waals surface area contributed by atoms with Crippen LogP contribution in [0.5, 0.6) is 5.75 Å². The largest absolute Gasteiger partial charge is 0.497 e. The number of nitrogens with zero attached hydrogens (tertiary/aromatic N) is 3. The van der Waals surface area contributed by atoms with E-state index in [-0.39, 0.29) is 11.9 Å². The fourth-order valence-corrected chi connectivity index (χ4v) is 5.70. The second-order valence-corrected chi connectivity index (χ2v) is 10.4. The summed E-state index contributed by atoms with van der Waals surface area (Å²) in [5, 5.41) is 0. The predicted octanol–water partition coefficient (Wildman–Crippen LogP) is 5.90. The molecule has 3 aromatic carbocycles. The van der Waals surface area contributed by atoms with Crippen LogP contribution in [0, 0.1) is 0 Å². The molecule has 0 spiro atoms. The van der Waals surface area contributed by atoms with E-state index in [1.165, 1.54) is 16.7 Å². The number of carbonyl (C=O) groups excluding carboxylic acids is 1. The molecule has 0 N–H and O–H groups in total. The molecule has 1 fully saturated rings. The van der Waals surface area contributed by atoms with E-state index in [0.29, 0.717) is 25.2 Å². The number of rotatable bonds is 10. The molecule has 0 saturated carbocycles. The van der Waals surface area contributed by atoms with Crippen LogP contribution in [0.1, 0.15) is 60.8 Å². The fraction of sp³-hybridized carbons (Fsp3) is 0.424. The van der Waals surface area contributed by atoms with Gasteiger partial charge in [0, 0.05) is 50.4 Å². The van der Waals surface area contributed by atoms with E-state index in [1.54, 1.807) is 7.11 Å². The molecule has 3 atom stereocenters. The Hall–Kier alpha value is -3.15. The molecule has 0 bridgehead atoms. The van der Waals surface area contributed by atoms with Crippen molar-refractivity contribution in [3.8, 4) is 5.75 Å². The molecule has 0 aliphatic carbocycles. The van der Waals surface area contributed by atoms with Crippen LogP contribution in [0.25, 0.3) is 0 Å². The van der Waals surface area contributed by atoms with Gasteiger partial charge in [-0.3, -0.25) is 14.6 Å². The SMILES string of the molecule is CCN(CC)C(=O)c1ccc([C@H](c2cccc(OC)c2)N2C[C@@H](C)N(CCc3ccccc3)C[C@@H]2C)cc1. The maximum absolute atomic E-state index is 12.9. The molecule has 5 nitrogen and oxygen atoms in total. The van der Waals surface area contributed by atoms with Gasteiger partial charge in [0.05, 0.1) is 13.2 Å². The monoisotopic (exact) mass is 513 g/mol. The summed E-state index contributed by atoms with van der Waals surface area (Å²) >= 11 is 0. The summed E-state index contributed by atoms with van der Waals surface area (Å²) in [4.78, 5) is 20.1. The van der Waals surface area contributed by atoms with E-state index in [9.17, 15) is 4.79 Å². The molecule has 0 aromatic heterocycles. The number of amides is 1.